The molecule has 2 aliphatic heterocycles. The number of carbonyl (C=O) groups excluding carboxylic acids is 1. The van der Waals surface area contributed by atoms with Crippen LogP contribution in [0, 0.1) is 23.6 Å². The maximum Gasteiger partial charge on any atom is 0.268 e. The first-order valence-corrected chi connectivity index (χ1v) is 15.1. The van der Waals surface area contributed by atoms with Crippen LogP contribution in [0.4, 0.5) is 15.8 Å². The zero-order chi connectivity index (χ0) is 27.9. The van der Waals surface area contributed by atoms with Crippen LogP contribution in [0.5, 0.6) is 5.75 Å². The third-order valence-electron chi connectivity index (χ3n) is 8.17. The van der Waals surface area contributed by atoms with Crippen LogP contribution >= 0.6 is 11.3 Å². The van der Waals surface area contributed by atoms with Crippen LogP contribution in [-0.4, -0.2) is 62.3 Å². The molecule has 2 saturated heterocycles. The van der Waals surface area contributed by atoms with E-state index in [1.165, 1.54) is 23.0 Å². The predicted octanol–water partition coefficient (Wildman–Crippen LogP) is 5.93. The maximum atomic E-state index is 15.3. The van der Waals surface area contributed by atoms with Crippen molar-refractivity contribution >= 4 is 28.6 Å². The summed E-state index contributed by atoms with van der Waals surface area (Å²) in [6.07, 6.45) is 0. The summed E-state index contributed by atoms with van der Waals surface area (Å²) in [5.74, 6) is 2.13. The fourth-order valence-corrected chi connectivity index (χ4v) is 6.86. The summed E-state index contributed by atoms with van der Waals surface area (Å²) < 4.78 is 26.7. The van der Waals surface area contributed by atoms with Gasteiger partial charge >= 0.3 is 0 Å². The first-order chi connectivity index (χ1) is 19.2. The van der Waals surface area contributed by atoms with Gasteiger partial charge in [0.15, 0.2) is 0 Å². The molecule has 1 aliphatic carbocycles. The van der Waals surface area contributed by atoms with Gasteiger partial charge < -0.3 is 19.3 Å². The highest BCUT2D eigenvalue weighted by atomic mass is 32.1. The number of fused-ring (bicyclic) bond motifs is 1. The molecule has 0 spiro atoms. The number of ether oxygens (including phenoxy) is 2. The second-order valence-corrected chi connectivity index (χ2v) is 13.1. The molecule has 1 saturated carbocycles. The largest absolute Gasteiger partial charge is 0.488 e. The summed E-state index contributed by atoms with van der Waals surface area (Å²) in [5, 5.41) is 1.92. The van der Waals surface area contributed by atoms with E-state index in [-0.39, 0.29) is 17.3 Å². The molecule has 2 aromatic carbocycles. The van der Waals surface area contributed by atoms with Crippen LogP contribution in [0.25, 0.3) is 0 Å². The van der Waals surface area contributed by atoms with Crippen molar-refractivity contribution in [3.05, 3.63) is 76.2 Å². The molecule has 1 amide bonds. The van der Waals surface area contributed by atoms with Crippen LogP contribution in [0.2, 0.25) is 0 Å². The summed E-state index contributed by atoms with van der Waals surface area (Å²) >= 11 is 1.43. The summed E-state index contributed by atoms with van der Waals surface area (Å²) in [4.78, 5) is 20.6. The number of hydrogen-bond acceptors (Lipinski definition) is 6. The number of carbonyl (C=O) groups is 1. The number of benzene rings is 2. The number of rotatable bonds is 8. The molecule has 0 radical (unpaired) electrons. The molecular weight excluding hydrogens is 525 g/mol. The van der Waals surface area contributed by atoms with Gasteiger partial charge in [0.25, 0.3) is 5.91 Å². The number of piperidine rings is 1. The highest BCUT2D eigenvalue weighted by molar-refractivity contribution is 7.12. The molecule has 40 heavy (non-hydrogen) atoms. The lowest BCUT2D eigenvalue weighted by Gasteiger charge is -2.30. The molecule has 1 aromatic heterocycles. The van der Waals surface area contributed by atoms with Crippen molar-refractivity contribution in [3.8, 4) is 5.75 Å². The Morgan fingerprint density at radius 1 is 1.07 bits per heavy atom. The normalized spacial score (nSPS) is 22.7. The average Bonchev–Trinajstić information content (AvgIpc) is 3.30. The number of anilines is 2. The van der Waals surface area contributed by atoms with E-state index >= 15 is 4.39 Å². The molecule has 6 rings (SSSR count). The molecule has 3 heterocycles. The topological polar surface area (TPSA) is 45.2 Å². The fourth-order valence-electron chi connectivity index (χ4n) is 6.19. The Bertz CT molecular complexity index is 1310. The number of hydrogen-bond donors (Lipinski definition) is 0. The molecule has 3 aromatic rings. The SMILES string of the molecule is CC(C)(C)Oc1ccc(CN2CC3C(C2)C3CN(C(=O)c2cccs2)c2ccc(N3CCOCC3)c(F)c2)cc1. The van der Waals surface area contributed by atoms with Gasteiger partial charge in [0, 0.05) is 45.0 Å². The smallest absolute Gasteiger partial charge is 0.268 e. The van der Waals surface area contributed by atoms with Crippen molar-refractivity contribution in [3.63, 3.8) is 0 Å². The standard InChI is InChI=1S/C32H38FN3O3S/c1-32(2,3)39-24-9-6-22(7-10-24)18-34-19-25-26(20-34)27(25)21-36(31(37)30-5-4-16-40-30)23-8-11-29(28(33)17-23)35-12-14-38-15-13-35/h4-11,16-17,25-27H,12-15,18-21H2,1-3H3. The monoisotopic (exact) mass is 563 g/mol. The predicted molar refractivity (Wildman–Crippen MR) is 158 cm³/mol. The van der Waals surface area contributed by atoms with E-state index in [0.29, 0.717) is 66.9 Å². The molecule has 2 atom stereocenters. The molecule has 6 nitrogen and oxygen atoms in total. The molecule has 3 fully saturated rings. The van der Waals surface area contributed by atoms with Gasteiger partial charge in [-0.3, -0.25) is 9.69 Å². The van der Waals surface area contributed by atoms with Gasteiger partial charge in [0.05, 0.1) is 23.8 Å². The minimum Gasteiger partial charge on any atom is -0.488 e. The van der Waals surface area contributed by atoms with E-state index in [0.717, 1.165) is 25.4 Å². The van der Waals surface area contributed by atoms with Crippen molar-refractivity contribution in [2.24, 2.45) is 17.8 Å². The van der Waals surface area contributed by atoms with Gasteiger partial charge in [0.1, 0.15) is 17.2 Å². The van der Waals surface area contributed by atoms with E-state index in [4.69, 9.17) is 9.47 Å². The van der Waals surface area contributed by atoms with E-state index in [1.54, 1.807) is 4.90 Å². The van der Waals surface area contributed by atoms with Crippen LogP contribution in [0.15, 0.2) is 60.0 Å². The van der Waals surface area contributed by atoms with Crippen LogP contribution in [-0.2, 0) is 11.3 Å². The number of thiophene rings is 1. The lowest BCUT2D eigenvalue weighted by atomic mass is 10.1. The van der Waals surface area contributed by atoms with E-state index in [1.807, 2.05) is 34.5 Å². The van der Waals surface area contributed by atoms with Crippen molar-refractivity contribution in [2.75, 3.05) is 55.7 Å². The van der Waals surface area contributed by atoms with E-state index in [2.05, 4.69) is 49.9 Å². The number of likely N-dealkylation sites (tertiary alicyclic amines) is 1. The Kier molecular flexibility index (Phi) is 7.59. The number of morpholine rings is 1. The lowest BCUT2D eigenvalue weighted by Crippen LogP contribution is -2.37. The Morgan fingerprint density at radius 3 is 2.42 bits per heavy atom. The van der Waals surface area contributed by atoms with E-state index < -0.39 is 0 Å². The van der Waals surface area contributed by atoms with Gasteiger partial charge in [-0.25, -0.2) is 4.39 Å². The molecule has 2 unspecified atom stereocenters. The van der Waals surface area contributed by atoms with Crippen molar-refractivity contribution in [1.29, 1.82) is 0 Å². The van der Waals surface area contributed by atoms with Crippen molar-refractivity contribution in [1.82, 2.24) is 4.90 Å². The minimum absolute atomic E-state index is 0.0482. The van der Waals surface area contributed by atoms with Gasteiger partial charge in [-0.1, -0.05) is 18.2 Å². The molecule has 0 bridgehead atoms. The molecular formula is C32H38FN3O3S. The second kappa shape index (κ2) is 11.1. The molecule has 8 heteroatoms. The van der Waals surface area contributed by atoms with Gasteiger partial charge in [-0.15, -0.1) is 11.3 Å². The molecule has 0 N–H and O–H groups in total. The van der Waals surface area contributed by atoms with Crippen molar-refractivity contribution < 1.29 is 18.7 Å². The Labute approximate surface area is 240 Å². The highest BCUT2D eigenvalue weighted by Crippen LogP contribution is 2.52. The summed E-state index contributed by atoms with van der Waals surface area (Å²) in [7, 11) is 0. The zero-order valence-electron chi connectivity index (χ0n) is 23.5. The quantitative estimate of drug-likeness (QED) is 0.340. The third-order valence-corrected chi connectivity index (χ3v) is 9.02. The Hall–Kier alpha value is -2.94. The maximum absolute atomic E-state index is 15.3. The zero-order valence-corrected chi connectivity index (χ0v) is 24.3. The van der Waals surface area contributed by atoms with Gasteiger partial charge in [0.2, 0.25) is 0 Å². The van der Waals surface area contributed by atoms with Crippen molar-refractivity contribution in [2.45, 2.75) is 32.9 Å². The van der Waals surface area contributed by atoms with Crippen LogP contribution in [0.1, 0.15) is 36.0 Å². The number of nitrogens with zero attached hydrogens (tertiary/aromatic N) is 3. The first-order valence-electron chi connectivity index (χ1n) is 14.2. The van der Waals surface area contributed by atoms with Gasteiger partial charge in [-0.05, 0) is 85.9 Å². The van der Waals surface area contributed by atoms with E-state index in [9.17, 15) is 4.79 Å². The van der Waals surface area contributed by atoms with Gasteiger partial charge in [-0.2, -0.15) is 0 Å². The highest BCUT2D eigenvalue weighted by Gasteiger charge is 2.56. The lowest BCUT2D eigenvalue weighted by molar-refractivity contribution is 0.0987. The summed E-state index contributed by atoms with van der Waals surface area (Å²) in [6, 6.07) is 17.4. The first kappa shape index (κ1) is 27.2. The molecule has 3 aliphatic rings. The third kappa shape index (κ3) is 6.04. The molecule has 212 valence electrons. The minimum atomic E-state index is -0.288. The van der Waals surface area contributed by atoms with Crippen LogP contribution < -0.4 is 14.5 Å². The number of amides is 1. The Morgan fingerprint density at radius 2 is 1.80 bits per heavy atom. The fraction of sp³-hybridized carbons (Fsp3) is 0.469. The number of halogens is 1. The second-order valence-electron chi connectivity index (χ2n) is 12.2. The van der Waals surface area contributed by atoms with Crippen LogP contribution in [0.3, 0.4) is 0 Å². The average molecular weight is 564 g/mol. The summed E-state index contributed by atoms with van der Waals surface area (Å²) in [5.41, 5.74) is 2.28. The Balaban J connectivity index is 1.11. The summed E-state index contributed by atoms with van der Waals surface area (Å²) in [6.45, 7) is 12.3.